The monoisotopic (exact) mass is 245 g/mol. The van der Waals surface area contributed by atoms with Crippen molar-refractivity contribution in [1.82, 2.24) is 9.55 Å². The summed E-state index contributed by atoms with van der Waals surface area (Å²) in [4.78, 5) is 4.45. The number of imidazole rings is 1. The molecule has 0 aliphatic heterocycles. The fourth-order valence-electron chi connectivity index (χ4n) is 1.93. The molecule has 94 valence electrons. The highest BCUT2D eigenvalue weighted by Crippen LogP contribution is 2.17. The molecule has 0 unspecified atom stereocenters. The van der Waals surface area contributed by atoms with Gasteiger partial charge >= 0.3 is 0 Å². The zero-order valence-electron chi connectivity index (χ0n) is 10.5. The van der Waals surface area contributed by atoms with Gasteiger partial charge in [0.15, 0.2) is 6.29 Å². The first-order valence-electron chi connectivity index (χ1n) is 5.66. The van der Waals surface area contributed by atoms with Crippen LogP contribution in [0.1, 0.15) is 5.82 Å². The molecule has 0 radical (unpaired) electrons. The smallest absolute Gasteiger partial charge is 0.174 e. The zero-order valence-corrected chi connectivity index (χ0v) is 10.5. The molecule has 0 amide bonds. The van der Waals surface area contributed by atoms with Crippen LogP contribution in [0, 0.1) is 11.3 Å². The van der Waals surface area contributed by atoms with Crippen LogP contribution in [-0.4, -0.2) is 30.1 Å². The van der Waals surface area contributed by atoms with Gasteiger partial charge in [0, 0.05) is 14.2 Å². The average molecular weight is 245 g/mol. The summed E-state index contributed by atoms with van der Waals surface area (Å²) in [6.07, 6.45) is -0.0745. The molecular formula is C13H15N3O2. The lowest BCUT2D eigenvalue weighted by molar-refractivity contribution is -0.110. The van der Waals surface area contributed by atoms with Gasteiger partial charge in [-0.1, -0.05) is 12.1 Å². The molecule has 1 aromatic heterocycles. The highest BCUT2D eigenvalue weighted by atomic mass is 16.7. The summed E-state index contributed by atoms with van der Waals surface area (Å²) in [5.41, 5.74) is 1.87. The Morgan fingerprint density at radius 2 is 2.06 bits per heavy atom. The van der Waals surface area contributed by atoms with E-state index >= 15 is 0 Å². The van der Waals surface area contributed by atoms with Crippen LogP contribution in [0.4, 0.5) is 0 Å². The number of ether oxygens (including phenoxy) is 2. The fourth-order valence-corrected chi connectivity index (χ4v) is 1.93. The molecule has 0 aliphatic rings. The van der Waals surface area contributed by atoms with Crippen molar-refractivity contribution in [2.45, 2.75) is 19.3 Å². The fraction of sp³-hybridized carbons (Fsp3) is 0.385. The lowest BCUT2D eigenvalue weighted by atomic mass is 10.3. The van der Waals surface area contributed by atoms with Gasteiger partial charge in [-0.2, -0.15) is 5.26 Å². The van der Waals surface area contributed by atoms with Crippen molar-refractivity contribution in [3.05, 3.63) is 30.1 Å². The molecule has 2 aromatic rings. The van der Waals surface area contributed by atoms with Gasteiger partial charge in [-0.3, -0.25) is 0 Å². The Morgan fingerprint density at radius 3 is 2.72 bits per heavy atom. The van der Waals surface area contributed by atoms with Gasteiger partial charge in [0.1, 0.15) is 5.82 Å². The van der Waals surface area contributed by atoms with E-state index in [9.17, 15) is 0 Å². The Labute approximate surface area is 106 Å². The van der Waals surface area contributed by atoms with Crippen LogP contribution in [0.3, 0.4) is 0 Å². The first-order valence-corrected chi connectivity index (χ1v) is 5.66. The maximum Gasteiger partial charge on any atom is 0.174 e. The average Bonchev–Trinajstić information content (AvgIpc) is 2.74. The number of hydrogen-bond donors (Lipinski definition) is 0. The Hall–Kier alpha value is -1.90. The Kier molecular flexibility index (Phi) is 3.92. The quantitative estimate of drug-likeness (QED) is 0.752. The summed E-state index contributed by atoms with van der Waals surface area (Å²) in [6.45, 7) is 0.518. The number of rotatable bonds is 5. The van der Waals surface area contributed by atoms with Gasteiger partial charge in [-0.15, -0.1) is 0 Å². The van der Waals surface area contributed by atoms with Crippen LogP contribution in [0.25, 0.3) is 11.0 Å². The topological polar surface area (TPSA) is 60.1 Å². The standard InChI is InChI=1S/C13H15N3O2/c1-17-13(18-2)9-16-11-6-4-3-5-10(11)15-12(16)7-8-14/h3-6,13H,7,9H2,1-2H3. The van der Waals surface area contributed by atoms with E-state index in [0.717, 1.165) is 16.9 Å². The summed E-state index contributed by atoms with van der Waals surface area (Å²) >= 11 is 0. The van der Waals surface area contributed by atoms with Crippen molar-refractivity contribution in [1.29, 1.82) is 5.26 Å². The number of hydrogen-bond acceptors (Lipinski definition) is 4. The van der Waals surface area contributed by atoms with E-state index in [1.807, 2.05) is 28.8 Å². The SMILES string of the molecule is COC(Cn1c(CC#N)nc2ccccc21)OC. The number of benzene rings is 1. The summed E-state index contributed by atoms with van der Waals surface area (Å²) in [5.74, 6) is 0.734. The first-order chi connectivity index (χ1) is 8.80. The van der Waals surface area contributed by atoms with E-state index in [2.05, 4.69) is 11.1 Å². The molecule has 0 atom stereocenters. The molecule has 1 aromatic carbocycles. The maximum atomic E-state index is 8.85. The third-order valence-electron chi connectivity index (χ3n) is 2.83. The van der Waals surface area contributed by atoms with Crippen molar-refractivity contribution in [3.8, 4) is 6.07 Å². The van der Waals surface area contributed by atoms with Gasteiger partial charge < -0.3 is 14.0 Å². The molecule has 5 nitrogen and oxygen atoms in total. The van der Waals surface area contributed by atoms with E-state index in [1.165, 1.54) is 0 Å². The van der Waals surface area contributed by atoms with Crippen LogP contribution in [0.2, 0.25) is 0 Å². The molecule has 1 heterocycles. The third kappa shape index (κ3) is 2.35. The molecular weight excluding hydrogens is 230 g/mol. The highest BCUT2D eigenvalue weighted by Gasteiger charge is 2.14. The number of para-hydroxylation sites is 2. The number of methoxy groups -OCH3 is 2. The largest absolute Gasteiger partial charge is 0.354 e. The summed E-state index contributed by atoms with van der Waals surface area (Å²) < 4.78 is 12.4. The van der Waals surface area contributed by atoms with Gasteiger partial charge in [-0.25, -0.2) is 4.98 Å². The molecule has 0 aliphatic carbocycles. The van der Waals surface area contributed by atoms with Gasteiger partial charge in [0.05, 0.1) is 30.1 Å². The van der Waals surface area contributed by atoms with Gasteiger partial charge in [0.2, 0.25) is 0 Å². The summed E-state index contributed by atoms with van der Waals surface area (Å²) in [7, 11) is 3.19. The second-order valence-corrected chi connectivity index (χ2v) is 3.86. The molecule has 2 rings (SSSR count). The number of aromatic nitrogens is 2. The number of nitrogens with zero attached hydrogens (tertiary/aromatic N) is 3. The van der Waals surface area contributed by atoms with Crippen LogP contribution in [0.15, 0.2) is 24.3 Å². The van der Waals surface area contributed by atoms with Gasteiger partial charge in [0.25, 0.3) is 0 Å². The minimum absolute atomic E-state index is 0.273. The Bertz CT molecular complexity index is 567. The van der Waals surface area contributed by atoms with Gasteiger partial charge in [-0.05, 0) is 12.1 Å². The lowest BCUT2D eigenvalue weighted by Gasteiger charge is -2.15. The predicted octanol–water partition coefficient (Wildman–Crippen LogP) is 1.72. The van der Waals surface area contributed by atoms with E-state index in [1.54, 1.807) is 14.2 Å². The Balaban J connectivity index is 2.45. The maximum absolute atomic E-state index is 8.85. The Morgan fingerprint density at radius 1 is 1.33 bits per heavy atom. The van der Waals surface area contributed by atoms with Crippen LogP contribution in [0.5, 0.6) is 0 Å². The molecule has 0 saturated carbocycles. The molecule has 0 fully saturated rings. The zero-order chi connectivity index (χ0) is 13.0. The second-order valence-electron chi connectivity index (χ2n) is 3.86. The molecule has 5 heteroatoms. The minimum atomic E-state index is -0.347. The normalized spacial score (nSPS) is 11.0. The number of fused-ring (bicyclic) bond motifs is 1. The van der Waals surface area contributed by atoms with E-state index in [-0.39, 0.29) is 12.7 Å². The van der Waals surface area contributed by atoms with Crippen LogP contribution in [-0.2, 0) is 22.4 Å². The summed E-state index contributed by atoms with van der Waals surface area (Å²) in [5, 5.41) is 8.85. The van der Waals surface area contributed by atoms with E-state index in [0.29, 0.717) is 6.54 Å². The van der Waals surface area contributed by atoms with Crippen molar-refractivity contribution < 1.29 is 9.47 Å². The van der Waals surface area contributed by atoms with Crippen molar-refractivity contribution in [2.75, 3.05) is 14.2 Å². The summed E-state index contributed by atoms with van der Waals surface area (Å²) in [6, 6.07) is 9.92. The molecule has 0 N–H and O–H groups in total. The number of nitriles is 1. The molecule has 0 spiro atoms. The van der Waals surface area contributed by atoms with E-state index < -0.39 is 0 Å². The van der Waals surface area contributed by atoms with E-state index in [4.69, 9.17) is 14.7 Å². The molecule has 0 saturated heterocycles. The molecule has 0 bridgehead atoms. The van der Waals surface area contributed by atoms with Crippen molar-refractivity contribution in [3.63, 3.8) is 0 Å². The first kappa shape index (κ1) is 12.6. The highest BCUT2D eigenvalue weighted by molar-refractivity contribution is 5.75. The minimum Gasteiger partial charge on any atom is -0.354 e. The molecule has 18 heavy (non-hydrogen) atoms. The van der Waals surface area contributed by atoms with Crippen molar-refractivity contribution in [2.24, 2.45) is 0 Å². The van der Waals surface area contributed by atoms with Crippen molar-refractivity contribution >= 4 is 11.0 Å². The van der Waals surface area contributed by atoms with Crippen LogP contribution < -0.4 is 0 Å². The third-order valence-corrected chi connectivity index (χ3v) is 2.83. The lowest BCUT2D eigenvalue weighted by Crippen LogP contribution is -2.21. The van der Waals surface area contributed by atoms with Crippen LogP contribution >= 0.6 is 0 Å². The second kappa shape index (κ2) is 5.63. The predicted molar refractivity (Wildman–Crippen MR) is 66.9 cm³/mol.